The summed E-state index contributed by atoms with van der Waals surface area (Å²) in [5.41, 5.74) is 2.00. The Balaban J connectivity index is 1.84. The van der Waals surface area contributed by atoms with E-state index in [-0.39, 0.29) is 29.4 Å². The molecule has 0 saturated carbocycles. The molecular formula is C18H14ClFN2O2. The lowest BCUT2D eigenvalue weighted by Gasteiger charge is -2.37. The van der Waals surface area contributed by atoms with Crippen molar-refractivity contribution >= 4 is 23.0 Å². The summed E-state index contributed by atoms with van der Waals surface area (Å²) in [6.07, 6.45) is 4.98. The monoisotopic (exact) mass is 344 g/mol. The van der Waals surface area contributed by atoms with Gasteiger partial charge in [-0.15, -0.1) is 0 Å². The summed E-state index contributed by atoms with van der Waals surface area (Å²) in [7, 11) is 0. The number of rotatable bonds is 2. The van der Waals surface area contributed by atoms with Crippen molar-refractivity contribution in [2.45, 2.75) is 18.4 Å². The molecule has 0 spiro atoms. The molecular weight excluding hydrogens is 331 g/mol. The number of allylic oxidation sites excluding steroid dienone is 2. The molecule has 0 fully saturated rings. The third kappa shape index (κ3) is 2.27. The summed E-state index contributed by atoms with van der Waals surface area (Å²) in [6, 6.07) is 9.17. The van der Waals surface area contributed by atoms with Gasteiger partial charge in [0.1, 0.15) is 5.82 Å². The van der Waals surface area contributed by atoms with Crippen LogP contribution < -0.4 is 5.32 Å². The third-order valence-corrected chi connectivity index (χ3v) is 5.22. The molecule has 0 saturated heterocycles. The number of non-ortho nitro benzene ring substituents is 1. The number of nitro benzene ring substituents is 1. The van der Waals surface area contributed by atoms with Gasteiger partial charge in [-0.2, -0.15) is 0 Å². The fourth-order valence-electron chi connectivity index (χ4n) is 3.77. The molecule has 24 heavy (non-hydrogen) atoms. The number of benzene rings is 2. The number of hydrogen-bond donors (Lipinski definition) is 1. The first kappa shape index (κ1) is 15.1. The highest BCUT2D eigenvalue weighted by atomic mass is 35.5. The number of hydrogen-bond acceptors (Lipinski definition) is 3. The molecule has 1 aliphatic carbocycles. The van der Waals surface area contributed by atoms with Crippen LogP contribution in [0.25, 0.3) is 0 Å². The number of anilines is 1. The Labute approximate surface area is 143 Å². The number of fused-ring (bicyclic) bond motifs is 3. The van der Waals surface area contributed by atoms with Crippen LogP contribution in [0, 0.1) is 21.8 Å². The van der Waals surface area contributed by atoms with Crippen molar-refractivity contribution in [1.82, 2.24) is 0 Å². The molecule has 0 amide bonds. The highest BCUT2D eigenvalue weighted by Crippen LogP contribution is 2.51. The van der Waals surface area contributed by atoms with E-state index in [1.807, 2.05) is 6.07 Å². The summed E-state index contributed by atoms with van der Waals surface area (Å²) < 4.78 is 14.3. The Morgan fingerprint density at radius 2 is 2.08 bits per heavy atom. The summed E-state index contributed by atoms with van der Waals surface area (Å²) in [5.74, 6) is -0.0890. The average molecular weight is 345 g/mol. The van der Waals surface area contributed by atoms with Gasteiger partial charge in [0.2, 0.25) is 0 Å². The van der Waals surface area contributed by atoms with E-state index in [4.69, 9.17) is 11.6 Å². The van der Waals surface area contributed by atoms with Gasteiger partial charge in [0.25, 0.3) is 5.69 Å². The van der Waals surface area contributed by atoms with Gasteiger partial charge in [-0.1, -0.05) is 35.9 Å². The smallest absolute Gasteiger partial charge is 0.269 e. The molecule has 1 aliphatic heterocycles. The molecule has 4 nitrogen and oxygen atoms in total. The minimum atomic E-state index is -0.443. The largest absolute Gasteiger partial charge is 0.375 e. The van der Waals surface area contributed by atoms with E-state index in [9.17, 15) is 14.5 Å². The molecule has 0 radical (unpaired) electrons. The van der Waals surface area contributed by atoms with E-state index in [2.05, 4.69) is 17.5 Å². The lowest BCUT2D eigenvalue weighted by Crippen LogP contribution is -2.30. The van der Waals surface area contributed by atoms with Crippen LogP contribution in [0.1, 0.15) is 29.5 Å². The lowest BCUT2D eigenvalue weighted by atomic mass is 9.77. The minimum Gasteiger partial charge on any atom is -0.375 e. The van der Waals surface area contributed by atoms with E-state index >= 15 is 0 Å². The SMILES string of the molecule is O=[N+]([O-])c1ccc(Cl)c(C2Nc3c(F)cccc3C3C=CCC32)c1. The minimum absolute atomic E-state index is 0.0157. The van der Waals surface area contributed by atoms with Crippen molar-refractivity contribution in [1.29, 1.82) is 0 Å². The van der Waals surface area contributed by atoms with Gasteiger partial charge >= 0.3 is 0 Å². The second-order valence-electron chi connectivity index (χ2n) is 6.14. The van der Waals surface area contributed by atoms with Crippen LogP contribution in [0.5, 0.6) is 0 Å². The zero-order valence-corrected chi connectivity index (χ0v) is 13.3. The number of nitrogens with zero attached hydrogens (tertiary/aromatic N) is 1. The highest BCUT2D eigenvalue weighted by Gasteiger charge is 2.39. The Morgan fingerprint density at radius 1 is 1.25 bits per heavy atom. The average Bonchev–Trinajstić information content (AvgIpc) is 3.05. The van der Waals surface area contributed by atoms with Crippen molar-refractivity contribution in [3.05, 3.63) is 80.6 Å². The Bertz CT molecular complexity index is 868. The fourth-order valence-corrected chi connectivity index (χ4v) is 4.01. The molecule has 2 aliphatic rings. The molecule has 2 aromatic carbocycles. The van der Waals surface area contributed by atoms with Gasteiger partial charge in [0, 0.05) is 28.6 Å². The first-order valence-corrected chi connectivity index (χ1v) is 8.09. The highest BCUT2D eigenvalue weighted by molar-refractivity contribution is 6.31. The summed E-state index contributed by atoms with van der Waals surface area (Å²) in [4.78, 5) is 10.7. The van der Waals surface area contributed by atoms with Crippen LogP contribution in [-0.4, -0.2) is 4.92 Å². The number of nitrogens with one attached hydrogen (secondary N) is 1. The topological polar surface area (TPSA) is 55.2 Å². The predicted octanol–water partition coefficient (Wildman–Crippen LogP) is 5.21. The molecule has 0 aromatic heterocycles. The molecule has 0 bridgehead atoms. The van der Waals surface area contributed by atoms with Crippen LogP contribution in [0.4, 0.5) is 15.8 Å². The van der Waals surface area contributed by atoms with Crippen molar-refractivity contribution in [3.63, 3.8) is 0 Å². The van der Waals surface area contributed by atoms with E-state index in [0.29, 0.717) is 16.3 Å². The number of para-hydroxylation sites is 1. The molecule has 2 aromatic rings. The van der Waals surface area contributed by atoms with Gasteiger partial charge in [-0.05, 0) is 30.0 Å². The predicted molar refractivity (Wildman–Crippen MR) is 90.9 cm³/mol. The second-order valence-corrected chi connectivity index (χ2v) is 6.55. The first-order chi connectivity index (χ1) is 11.6. The lowest BCUT2D eigenvalue weighted by molar-refractivity contribution is -0.384. The van der Waals surface area contributed by atoms with E-state index in [0.717, 1.165) is 12.0 Å². The second kappa shape index (κ2) is 5.60. The molecule has 122 valence electrons. The van der Waals surface area contributed by atoms with Gasteiger partial charge < -0.3 is 5.32 Å². The van der Waals surface area contributed by atoms with E-state index < -0.39 is 4.92 Å². The third-order valence-electron chi connectivity index (χ3n) is 4.87. The van der Waals surface area contributed by atoms with Crippen molar-refractivity contribution in [2.75, 3.05) is 5.32 Å². The van der Waals surface area contributed by atoms with Crippen LogP contribution in [0.2, 0.25) is 5.02 Å². The molecule has 3 atom stereocenters. The number of nitro groups is 1. The fraction of sp³-hybridized carbons (Fsp3) is 0.222. The molecule has 1 N–H and O–H groups in total. The molecule has 4 rings (SSSR count). The summed E-state index contributed by atoms with van der Waals surface area (Å²) in [6.45, 7) is 0. The quantitative estimate of drug-likeness (QED) is 0.462. The maximum Gasteiger partial charge on any atom is 0.269 e. The molecule has 3 unspecified atom stereocenters. The zero-order valence-electron chi connectivity index (χ0n) is 12.6. The summed E-state index contributed by atoms with van der Waals surface area (Å²) in [5, 5.41) is 14.8. The Hall–Kier alpha value is -2.40. The van der Waals surface area contributed by atoms with Gasteiger partial charge in [-0.25, -0.2) is 4.39 Å². The van der Waals surface area contributed by atoms with Crippen molar-refractivity contribution < 1.29 is 9.31 Å². The summed E-state index contributed by atoms with van der Waals surface area (Å²) >= 11 is 6.31. The van der Waals surface area contributed by atoms with Crippen LogP contribution in [0.15, 0.2) is 48.6 Å². The van der Waals surface area contributed by atoms with Crippen molar-refractivity contribution in [3.8, 4) is 0 Å². The zero-order chi connectivity index (χ0) is 16.8. The molecule has 1 heterocycles. The van der Waals surface area contributed by atoms with Crippen LogP contribution in [0.3, 0.4) is 0 Å². The molecule has 6 heteroatoms. The van der Waals surface area contributed by atoms with Gasteiger partial charge in [0.05, 0.1) is 16.7 Å². The van der Waals surface area contributed by atoms with E-state index in [1.54, 1.807) is 6.07 Å². The van der Waals surface area contributed by atoms with E-state index in [1.165, 1.54) is 24.3 Å². The Kier molecular flexibility index (Phi) is 3.53. The van der Waals surface area contributed by atoms with Gasteiger partial charge in [0.15, 0.2) is 0 Å². The van der Waals surface area contributed by atoms with Gasteiger partial charge in [-0.3, -0.25) is 10.1 Å². The maximum absolute atomic E-state index is 14.3. The normalized spacial score (nSPS) is 24.2. The van der Waals surface area contributed by atoms with Crippen molar-refractivity contribution in [2.24, 2.45) is 5.92 Å². The Morgan fingerprint density at radius 3 is 2.88 bits per heavy atom. The maximum atomic E-state index is 14.3. The number of halogens is 2. The van der Waals surface area contributed by atoms with Crippen LogP contribution >= 0.6 is 11.6 Å². The standard InChI is InChI=1S/C18H14ClFN2O2/c19-15-8-7-10(22(23)24)9-14(15)17-12-4-1-3-11(12)13-5-2-6-16(20)18(13)21-17/h1-3,5-9,11-12,17,21H,4H2. The first-order valence-electron chi connectivity index (χ1n) is 7.71. The van der Waals surface area contributed by atoms with Crippen LogP contribution in [-0.2, 0) is 0 Å².